The van der Waals surface area contributed by atoms with E-state index < -0.39 is 0 Å². The summed E-state index contributed by atoms with van der Waals surface area (Å²) in [6.45, 7) is 5.85. The van der Waals surface area contributed by atoms with Gasteiger partial charge in [-0.25, -0.2) is 0 Å². The van der Waals surface area contributed by atoms with Gasteiger partial charge in [0.1, 0.15) is 6.29 Å². The van der Waals surface area contributed by atoms with Crippen LogP contribution in [0.3, 0.4) is 0 Å². The molecule has 19 heavy (non-hydrogen) atoms. The van der Waals surface area contributed by atoms with Crippen LogP contribution in [0.5, 0.6) is 0 Å². The first kappa shape index (κ1) is 18.0. The smallest absolute Gasteiger partial charge is 0.221 e. The zero-order chi connectivity index (χ0) is 14.2. The molecule has 0 aliphatic rings. The molecule has 0 aromatic rings. The van der Waals surface area contributed by atoms with Crippen molar-refractivity contribution in [1.29, 1.82) is 0 Å². The highest BCUT2D eigenvalue weighted by atomic mass is 16.5. The highest BCUT2D eigenvalue weighted by Gasteiger charge is 1.99. The minimum atomic E-state index is -0.0406. The van der Waals surface area contributed by atoms with Gasteiger partial charge in [-0.05, 0) is 6.42 Å². The standard InChI is InChI=1S/C13H26N2O4/c1-2-3-9-18-11-12-19-10-7-15-13(17)4-5-14-6-8-16/h8,14H,2-7,9-12H2,1H3,(H,15,17). The van der Waals surface area contributed by atoms with Crippen molar-refractivity contribution in [2.75, 3.05) is 46.1 Å². The van der Waals surface area contributed by atoms with Crippen LogP contribution in [-0.4, -0.2) is 58.3 Å². The highest BCUT2D eigenvalue weighted by Crippen LogP contribution is 1.87. The van der Waals surface area contributed by atoms with Gasteiger partial charge < -0.3 is 24.9 Å². The van der Waals surface area contributed by atoms with E-state index in [9.17, 15) is 9.59 Å². The molecule has 0 aromatic carbocycles. The first-order valence-corrected chi connectivity index (χ1v) is 6.87. The van der Waals surface area contributed by atoms with E-state index in [1.807, 2.05) is 0 Å². The van der Waals surface area contributed by atoms with Crippen LogP contribution in [-0.2, 0) is 19.1 Å². The second-order valence-electron chi connectivity index (χ2n) is 4.05. The maximum absolute atomic E-state index is 11.3. The number of hydrogen-bond acceptors (Lipinski definition) is 5. The lowest BCUT2D eigenvalue weighted by Crippen LogP contribution is -2.30. The first-order chi connectivity index (χ1) is 9.31. The Labute approximate surface area is 115 Å². The topological polar surface area (TPSA) is 76.7 Å². The molecular weight excluding hydrogens is 248 g/mol. The van der Waals surface area contributed by atoms with Gasteiger partial charge in [0.2, 0.25) is 5.91 Å². The number of carbonyl (C=O) groups excluding carboxylic acids is 2. The molecule has 0 saturated heterocycles. The molecule has 0 fully saturated rings. The summed E-state index contributed by atoms with van der Waals surface area (Å²) in [5, 5.41) is 5.56. The zero-order valence-electron chi connectivity index (χ0n) is 11.8. The number of ether oxygens (including phenoxy) is 2. The maximum atomic E-state index is 11.3. The van der Waals surface area contributed by atoms with Gasteiger partial charge in [-0.3, -0.25) is 4.79 Å². The van der Waals surface area contributed by atoms with E-state index in [-0.39, 0.29) is 12.5 Å². The molecule has 0 unspecified atom stereocenters. The van der Waals surface area contributed by atoms with Gasteiger partial charge >= 0.3 is 0 Å². The highest BCUT2D eigenvalue weighted by molar-refractivity contribution is 5.76. The van der Waals surface area contributed by atoms with Crippen molar-refractivity contribution in [3.8, 4) is 0 Å². The molecule has 6 nitrogen and oxygen atoms in total. The summed E-state index contributed by atoms with van der Waals surface area (Å²) in [4.78, 5) is 21.3. The predicted octanol–water partition coefficient (Wildman–Crippen LogP) is 0.115. The fraction of sp³-hybridized carbons (Fsp3) is 0.846. The monoisotopic (exact) mass is 274 g/mol. The molecule has 2 N–H and O–H groups in total. The zero-order valence-corrected chi connectivity index (χ0v) is 11.8. The summed E-state index contributed by atoms with van der Waals surface area (Å²) >= 11 is 0. The van der Waals surface area contributed by atoms with Crippen molar-refractivity contribution >= 4 is 12.2 Å². The number of rotatable bonds is 14. The minimum Gasteiger partial charge on any atom is -0.379 e. The molecule has 112 valence electrons. The van der Waals surface area contributed by atoms with Crippen molar-refractivity contribution in [2.45, 2.75) is 26.2 Å². The molecule has 0 aliphatic carbocycles. The fourth-order valence-corrected chi connectivity index (χ4v) is 1.28. The van der Waals surface area contributed by atoms with Crippen LogP contribution in [0, 0.1) is 0 Å². The third kappa shape index (κ3) is 15.0. The Balaban J connectivity index is 3.12. The number of unbranched alkanes of at least 4 members (excludes halogenated alkanes) is 1. The van der Waals surface area contributed by atoms with Crippen molar-refractivity contribution in [3.63, 3.8) is 0 Å². The summed E-state index contributed by atoms with van der Waals surface area (Å²) in [6, 6.07) is 0. The van der Waals surface area contributed by atoms with E-state index in [0.717, 1.165) is 25.7 Å². The van der Waals surface area contributed by atoms with Gasteiger partial charge in [0.15, 0.2) is 0 Å². The van der Waals surface area contributed by atoms with E-state index in [1.165, 1.54) is 0 Å². The molecule has 0 aromatic heterocycles. The Morgan fingerprint density at radius 1 is 1.11 bits per heavy atom. The summed E-state index contributed by atoms with van der Waals surface area (Å²) < 4.78 is 10.6. The lowest BCUT2D eigenvalue weighted by atomic mass is 10.4. The molecule has 0 radical (unpaired) electrons. The molecule has 0 heterocycles. The molecule has 0 aliphatic heterocycles. The van der Waals surface area contributed by atoms with Crippen molar-refractivity contribution in [1.82, 2.24) is 10.6 Å². The Hall–Kier alpha value is -0.980. The number of amides is 1. The van der Waals surface area contributed by atoms with Crippen LogP contribution < -0.4 is 10.6 Å². The van der Waals surface area contributed by atoms with Gasteiger partial charge in [0.25, 0.3) is 0 Å². The van der Waals surface area contributed by atoms with Crippen LogP contribution in [0.1, 0.15) is 26.2 Å². The van der Waals surface area contributed by atoms with Crippen LogP contribution in [0.4, 0.5) is 0 Å². The van der Waals surface area contributed by atoms with Crippen molar-refractivity contribution in [3.05, 3.63) is 0 Å². The van der Waals surface area contributed by atoms with Gasteiger partial charge in [0, 0.05) is 26.1 Å². The van der Waals surface area contributed by atoms with Crippen LogP contribution in [0.15, 0.2) is 0 Å². The number of carbonyl (C=O) groups is 2. The van der Waals surface area contributed by atoms with Crippen LogP contribution in [0.25, 0.3) is 0 Å². The lowest BCUT2D eigenvalue weighted by molar-refractivity contribution is -0.121. The molecule has 0 rings (SSSR count). The lowest BCUT2D eigenvalue weighted by Gasteiger charge is -2.07. The van der Waals surface area contributed by atoms with E-state index in [0.29, 0.717) is 39.3 Å². The van der Waals surface area contributed by atoms with Gasteiger partial charge in [-0.1, -0.05) is 13.3 Å². The third-order valence-electron chi connectivity index (χ3n) is 2.34. The third-order valence-corrected chi connectivity index (χ3v) is 2.34. The molecule has 0 bridgehead atoms. The van der Waals surface area contributed by atoms with E-state index in [4.69, 9.17) is 9.47 Å². The molecule has 0 spiro atoms. The molecular formula is C13H26N2O4. The Morgan fingerprint density at radius 3 is 2.53 bits per heavy atom. The summed E-state index contributed by atoms with van der Waals surface area (Å²) in [7, 11) is 0. The molecule has 6 heteroatoms. The minimum absolute atomic E-state index is 0.0406. The quantitative estimate of drug-likeness (QED) is 0.347. The van der Waals surface area contributed by atoms with E-state index >= 15 is 0 Å². The maximum Gasteiger partial charge on any atom is 0.221 e. The van der Waals surface area contributed by atoms with E-state index in [1.54, 1.807) is 0 Å². The second-order valence-corrected chi connectivity index (χ2v) is 4.05. The largest absolute Gasteiger partial charge is 0.379 e. The van der Waals surface area contributed by atoms with Crippen LogP contribution in [0.2, 0.25) is 0 Å². The van der Waals surface area contributed by atoms with E-state index in [2.05, 4.69) is 17.6 Å². The summed E-state index contributed by atoms with van der Waals surface area (Å²) in [5.41, 5.74) is 0. The normalized spacial score (nSPS) is 10.4. The van der Waals surface area contributed by atoms with Gasteiger partial charge in [-0.15, -0.1) is 0 Å². The van der Waals surface area contributed by atoms with Gasteiger partial charge in [-0.2, -0.15) is 0 Å². The van der Waals surface area contributed by atoms with Crippen molar-refractivity contribution in [2.24, 2.45) is 0 Å². The SMILES string of the molecule is CCCCOCCOCCNC(=O)CCNCC=O. The molecule has 1 amide bonds. The average molecular weight is 274 g/mol. The Bertz CT molecular complexity index is 225. The average Bonchev–Trinajstić information content (AvgIpc) is 2.42. The fourth-order valence-electron chi connectivity index (χ4n) is 1.28. The second kappa shape index (κ2) is 15.1. The molecule has 0 saturated carbocycles. The Kier molecular flexibility index (Phi) is 14.3. The van der Waals surface area contributed by atoms with Crippen molar-refractivity contribution < 1.29 is 19.1 Å². The number of hydrogen-bond donors (Lipinski definition) is 2. The first-order valence-electron chi connectivity index (χ1n) is 6.87. The van der Waals surface area contributed by atoms with Crippen LogP contribution >= 0.6 is 0 Å². The predicted molar refractivity (Wildman–Crippen MR) is 73.1 cm³/mol. The number of aldehydes is 1. The molecule has 0 atom stereocenters. The summed E-state index contributed by atoms with van der Waals surface area (Å²) in [5.74, 6) is -0.0406. The summed E-state index contributed by atoms with van der Waals surface area (Å²) in [6.07, 6.45) is 3.35. The number of nitrogens with one attached hydrogen (secondary N) is 2. The van der Waals surface area contributed by atoms with Gasteiger partial charge in [0.05, 0.1) is 26.4 Å². The Morgan fingerprint density at radius 2 is 1.84 bits per heavy atom.